The van der Waals surface area contributed by atoms with Gasteiger partial charge in [-0.05, 0) is 19.1 Å². The van der Waals surface area contributed by atoms with E-state index in [0.717, 1.165) is 10.9 Å². The van der Waals surface area contributed by atoms with Gasteiger partial charge in [0.1, 0.15) is 0 Å². The van der Waals surface area contributed by atoms with Gasteiger partial charge in [-0.15, -0.1) is 0 Å². The second-order valence-electron chi connectivity index (χ2n) is 3.00. The lowest BCUT2D eigenvalue weighted by atomic mass is 10.2. The topological polar surface area (TPSA) is 48.1 Å². The number of nitrogen functional groups attached to an aromatic ring is 1. The van der Waals surface area contributed by atoms with Crippen molar-refractivity contribution in [2.45, 2.75) is 6.92 Å². The van der Waals surface area contributed by atoms with E-state index in [1.807, 2.05) is 37.3 Å². The quantitative estimate of drug-likeness (QED) is 0.735. The van der Waals surface area contributed by atoms with Gasteiger partial charge in [0, 0.05) is 11.5 Å². The summed E-state index contributed by atoms with van der Waals surface area (Å²) in [6.07, 6.45) is 0. The SMILES string of the molecule is CCOc1ccc2cccc(N)c2n1. The third-order valence-electron chi connectivity index (χ3n) is 2.02. The van der Waals surface area contributed by atoms with Crippen molar-refractivity contribution >= 4 is 16.6 Å². The lowest BCUT2D eigenvalue weighted by Gasteiger charge is -2.04. The molecule has 0 aliphatic carbocycles. The van der Waals surface area contributed by atoms with Crippen LogP contribution in [0, 0.1) is 0 Å². The second-order valence-corrected chi connectivity index (χ2v) is 3.00. The summed E-state index contributed by atoms with van der Waals surface area (Å²) < 4.78 is 5.30. The van der Waals surface area contributed by atoms with Gasteiger partial charge in [0.2, 0.25) is 5.88 Å². The molecule has 2 N–H and O–H groups in total. The minimum absolute atomic E-state index is 0.616. The second kappa shape index (κ2) is 3.54. The van der Waals surface area contributed by atoms with Gasteiger partial charge in [-0.2, -0.15) is 0 Å². The molecule has 0 saturated carbocycles. The fourth-order valence-electron chi connectivity index (χ4n) is 1.38. The lowest BCUT2D eigenvalue weighted by Crippen LogP contribution is -1.96. The minimum Gasteiger partial charge on any atom is -0.478 e. The maximum Gasteiger partial charge on any atom is 0.213 e. The van der Waals surface area contributed by atoms with Crippen molar-refractivity contribution in [3.63, 3.8) is 0 Å². The minimum atomic E-state index is 0.616. The number of nitrogens with two attached hydrogens (primary N) is 1. The molecule has 0 saturated heterocycles. The molecule has 0 amide bonds. The van der Waals surface area contributed by atoms with E-state index in [-0.39, 0.29) is 0 Å². The van der Waals surface area contributed by atoms with Crippen LogP contribution in [-0.4, -0.2) is 11.6 Å². The molecule has 1 heterocycles. The number of nitrogens with zero attached hydrogens (tertiary/aromatic N) is 1. The van der Waals surface area contributed by atoms with E-state index in [1.54, 1.807) is 0 Å². The maximum atomic E-state index is 5.80. The van der Waals surface area contributed by atoms with E-state index in [0.29, 0.717) is 18.2 Å². The molecule has 1 aromatic heterocycles. The summed E-state index contributed by atoms with van der Waals surface area (Å²) in [6, 6.07) is 9.55. The summed E-state index contributed by atoms with van der Waals surface area (Å²) in [4.78, 5) is 4.32. The highest BCUT2D eigenvalue weighted by molar-refractivity contribution is 5.89. The summed E-state index contributed by atoms with van der Waals surface area (Å²) in [5, 5.41) is 1.04. The van der Waals surface area contributed by atoms with Gasteiger partial charge in [0.25, 0.3) is 0 Å². The molecular weight excluding hydrogens is 176 g/mol. The van der Waals surface area contributed by atoms with Crippen LogP contribution in [0.5, 0.6) is 5.88 Å². The number of para-hydroxylation sites is 1. The molecule has 3 nitrogen and oxygen atoms in total. The Kier molecular flexibility index (Phi) is 2.23. The van der Waals surface area contributed by atoms with Crippen molar-refractivity contribution < 1.29 is 4.74 Å². The molecule has 0 spiro atoms. The number of pyridine rings is 1. The molecule has 0 atom stereocenters. The first kappa shape index (κ1) is 8.81. The molecule has 0 fully saturated rings. The van der Waals surface area contributed by atoms with E-state index in [4.69, 9.17) is 10.5 Å². The Morgan fingerprint density at radius 2 is 2.14 bits per heavy atom. The van der Waals surface area contributed by atoms with Gasteiger partial charge >= 0.3 is 0 Å². The van der Waals surface area contributed by atoms with Crippen molar-refractivity contribution in [1.29, 1.82) is 0 Å². The first-order valence-corrected chi connectivity index (χ1v) is 4.59. The number of anilines is 1. The normalized spacial score (nSPS) is 10.4. The van der Waals surface area contributed by atoms with Gasteiger partial charge in [-0.25, -0.2) is 4.98 Å². The number of rotatable bonds is 2. The predicted molar refractivity (Wildman–Crippen MR) is 57.3 cm³/mol. The smallest absolute Gasteiger partial charge is 0.213 e. The molecule has 3 heteroatoms. The first-order chi connectivity index (χ1) is 6.81. The van der Waals surface area contributed by atoms with Gasteiger partial charge in [0.05, 0.1) is 17.8 Å². The van der Waals surface area contributed by atoms with Crippen LogP contribution in [0.1, 0.15) is 6.92 Å². The van der Waals surface area contributed by atoms with E-state index < -0.39 is 0 Å². The summed E-state index contributed by atoms with van der Waals surface area (Å²) in [6.45, 7) is 2.55. The molecule has 72 valence electrons. The number of aromatic nitrogens is 1. The summed E-state index contributed by atoms with van der Waals surface area (Å²) in [5.41, 5.74) is 7.29. The number of fused-ring (bicyclic) bond motifs is 1. The summed E-state index contributed by atoms with van der Waals surface area (Å²) in [7, 11) is 0. The molecule has 14 heavy (non-hydrogen) atoms. The fraction of sp³-hybridized carbons (Fsp3) is 0.182. The molecule has 2 aromatic rings. The van der Waals surface area contributed by atoms with Crippen molar-refractivity contribution in [3.8, 4) is 5.88 Å². The molecule has 2 rings (SSSR count). The molecule has 0 aliphatic heterocycles. The van der Waals surface area contributed by atoms with Gasteiger partial charge in [0.15, 0.2) is 0 Å². The Labute approximate surface area is 82.5 Å². The van der Waals surface area contributed by atoms with Gasteiger partial charge < -0.3 is 10.5 Å². The van der Waals surface area contributed by atoms with Crippen molar-refractivity contribution in [2.75, 3.05) is 12.3 Å². The van der Waals surface area contributed by atoms with E-state index in [9.17, 15) is 0 Å². The highest BCUT2D eigenvalue weighted by Gasteiger charge is 2.00. The van der Waals surface area contributed by atoms with Gasteiger partial charge in [-0.3, -0.25) is 0 Å². The number of benzene rings is 1. The highest BCUT2D eigenvalue weighted by Crippen LogP contribution is 2.21. The zero-order valence-corrected chi connectivity index (χ0v) is 8.03. The number of ether oxygens (including phenoxy) is 1. The highest BCUT2D eigenvalue weighted by atomic mass is 16.5. The van der Waals surface area contributed by atoms with Crippen LogP contribution < -0.4 is 10.5 Å². The zero-order valence-electron chi connectivity index (χ0n) is 8.03. The first-order valence-electron chi connectivity index (χ1n) is 4.59. The van der Waals surface area contributed by atoms with Crippen molar-refractivity contribution in [1.82, 2.24) is 4.98 Å². The maximum absolute atomic E-state index is 5.80. The van der Waals surface area contributed by atoms with Crippen LogP contribution >= 0.6 is 0 Å². The summed E-state index contributed by atoms with van der Waals surface area (Å²) >= 11 is 0. The average molecular weight is 188 g/mol. The van der Waals surface area contributed by atoms with Crippen molar-refractivity contribution in [3.05, 3.63) is 30.3 Å². The van der Waals surface area contributed by atoms with Gasteiger partial charge in [-0.1, -0.05) is 12.1 Å². The predicted octanol–water partition coefficient (Wildman–Crippen LogP) is 2.22. The monoisotopic (exact) mass is 188 g/mol. The Bertz CT molecular complexity index is 454. The van der Waals surface area contributed by atoms with E-state index in [1.165, 1.54) is 0 Å². The molecule has 0 radical (unpaired) electrons. The van der Waals surface area contributed by atoms with E-state index in [2.05, 4.69) is 4.98 Å². The average Bonchev–Trinajstić information content (AvgIpc) is 2.20. The molecular formula is C11H12N2O. The van der Waals surface area contributed by atoms with Crippen LogP contribution in [0.4, 0.5) is 5.69 Å². The zero-order chi connectivity index (χ0) is 9.97. The molecule has 1 aromatic carbocycles. The van der Waals surface area contributed by atoms with E-state index >= 15 is 0 Å². The van der Waals surface area contributed by atoms with Crippen LogP contribution in [0.3, 0.4) is 0 Å². The number of hydrogen-bond donors (Lipinski definition) is 1. The van der Waals surface area contributed by atoms with Crippen LogP contribution in [-0.2, 0) is 0 Å². The fourth-order valence-corrected chi connectivity index (χ4v) is 1.38. The Balaban J connectivity index is 2.58. The lowest BCUT2D eigenvalue weighted by molar-refractivity contribution is 0.328. The third kappa shape index (κ3) is 1.48. The largest absolute Gasteiger partial charge is 0.478 e. The standard InChI is InChI=1S/C11H12N2O/c1-2-14-10-7-6-8-4-3-5-9(12)11(8)13-10/h3-7H,2,12H2,1H3. The van der Waals surface area contributed by atoms with Crippen LogP contribution in [0.25, 0.3) is 10.9 Å². The molecule has 0 unspecified atom stereocenters. The Hall–Kier alpha value is -1.77. The third-order valence-corrected chi connectivity index (χ3v) is 2.02. The van der Waals surface area contributed by atoms with Crippen LogP contribution in [0.2, 0.25) is 0 Å². The number of hydrogen-bond acceptors (Lipinski definition) is 3. The molecule has 0 aliphatic rings. The Morgan fingerprint density at radius 3 is 2.93 bits per heavy atom. The Morgan fingerprint density at radius 1 is 1.29 bits per heavy atom. The van der Waals surface area contributed by atoms with Crippen molar-refractivity contribution in [2.24, 2.45) is 0 Å². The van der Waals surface area contributed by atoms with Crippen LogP contribution in [0.15, 0.2) is 30.3 Å². The summed E-state index contributed by atoms with van der Waals surface area (Å²) in [5.74, 6) is 0.623. The molecule has 0 bridgehead atoms.